The van der Waals surface area contributed by atoms with Gasteiger partial charge in [-0.2, -0.15) is 4.39 Å². The van der Waals surface area contributed by atoms with E-state index in [1.165, 1.54) is 18.9 Å². The standard InChI is InChI=1S/C14H17BrF2O/c1-9-2-4-10(5-3-9)8-18-13-7-11(15)6-12(16)14(13)17/h6-7,9-10H,2-5,8H2,1H3. The third-order valence-electron chi connectivity index (χ3n) is 3.57. The van der Waals surface area contributed by atoms with Crippen molar-refractivity contribution in [2.75, 3.05) is 6.61 Å². The third-order valence-corrected chi connectivity index (χ3v) is 4.03. The van der Waals surface area contributed by atoms with Crippen LogP contribution in [-0.4, -0.2) is 6.61 Å². The number of hydrogen-bond acceptors (Lipinski definition) is 1. The molecule has 0 saturated heterocycles. The second-order valence-corrected chi connectivity index (χ2v) is 6.05. The van der Waals surface area contributed by atoms with Gasteiger partial charge in [-0.15, -0.1) is 0 Å². The van der Waals surface area contributed by atoms with Crippen molar-refractivity contribution in [2.24, 2.45) is 11.8 Å². The summed E-state index contributed by atoms with van der Waals surface area (Å²) in [6, 6.07) is 2.58. The number of rotatable bonds is 3. The molecule has 1 aromatic carbocycles. The lowest BCUT2D eigenvalue weighted by atomic mass is 9.83. The van der Waals surface area contributed by atoms with Gasteiger partial charge in [0, 0.05) is 4.47 Å². The Balaban J connectivity index is 1.94. The minimum absolute atomic E-state index is 0.000460. The Bertz CT molecular complexity index is 415. The minimum atomic E-state index is -0.901. The van der Waals surface area contributed by atoms with Crippen molar-refractivity contribution < 1.29 is 13.5 Å². The second kappa shape index (κ2) is 6.00. The molecule has 0 amide bonds. The fourth-order valence-corrected chi connectivity index (χ4v) is 2.75. The van der Waals surface area contributed by atoms with Crippen LogP contribution in [-0.2, 0) is 0 Å². The zero-order chi connectivity index (χ0) is 13.1. The molecule has 1 nitrogen and oxygen atoms in total. The summed E-state index contributed by atoms with van der Waals surface area (Å²) in [5, 5.41) is 0. The Morgan fingerprint density at radius 3 is 2.56 bits per heavy atom. The lowest BCUT2D eigenvalue weighted by Gasteiger charge is -2.26. The minimum Gasteiger partial charge on any atom is -0.490 e. The van der Waals surface area contributed by atoms with Gasteiger partial charge in [0.15, 0.2) is 11.6 Å². The van der Waals surface area contributed by atoms with E-state index in [9.17, 15) is 8.78 Å². The number of halogens is 3. The molecule has 0 bridgehead atoms. The maximum atomic E-state index is 13.5. The largest absolute Gasteiger partial charge is 0.490 e. The Kier molecular flexibility index (Phi) is 4.60. The van der Waals surface area contributed by atoms with Crippen molar-refractivity contribution in [1.29, 1.82) is 0 Å². The van der Waals surface area contributed by atoms with Crippen LogP contribution in [0.15, 0.2) is 16.6 Å². The molecule has 1 saturated carbocycles. The SMILES string of the molecule is CC1CCC(COc2cc(Br)cc(F)c2F)CC1. The molecule has 0 atom stereocenters. The van der Waals surface area contributed by atoms with Gasteiger partial charge in [-0.1, -0.05) is 35.7 Å². The third kappa shape index (κ3) is 3.44. The van der Waals surface area contributed by atoms with Gasteiger partial charge in [-0.05, 0) is 36.8 Å². The second-order valence-electron chi connectivity index (χ2n) is 5.14. The Morgan fingerprint density at radius 1 is 1.22 bits per heavy atom. The molecule has 0 aromatic heterocycles. The van der Waals surface area contributed by atoms with Crippen molar-refractivity contribution in [2.45, 2.75) is 32.6 Å². The first kappa shape index (κ1) is 13.8. The molecule has 18 heavy (non-hydrogen) atoms. The van der Waals surface area contributed by atoms with E-state index in [0.29, 0.717) is 17.0 Å². The van der Waals surface area contributed by atoms with Crippen LogP contribution in [0.2, 0.25) is 0 Å². The lowest BCUT2D eigenvalue weighted by molar-refractivity contribution is 0.182. The Hall–Kier alpha value is -0.640. The average Bonchev–Trinajstić information content (AvgIpc) is 2.34. The molecule has 0 N–H and O–H groups in total. The fraction of sp³-hybridized carbons (Fsp3) is 0.571. The Labute approximate surface area is 115 Å². The van der Waals surface area contributed by atoms with Crippen LogP contribution in [0.5, 0.6) is 5.75 Å². The summed E-state index contributed by atoms with van der Waals surface area (Å²) < 4.78 is 32.6. The van der Waals surface area contributed by atoms with Gasteiger partial charge in [0.05, 0.1) is 6.61 Å². The van der Waals surface area contributed by atoms with E-state index in [2.05, 4.69) is 22.9 Å². The summed E-state index contributed by atoms with van der Waals surface area (Å²) >= 11 is 3.13. The monoisotopic (exact) mass is 318 g/mol. The zero-order valence-electron chi connectivity index (χ0n) is 10.4. The zero-order valence-corrected chi connectivity index (χ0v) is 12.0. The summed E-state index contributed by atoms with van der Waals surface area (Å²) in [5.74, 6) is -0.538. The molecule has 1 fully saturated rings. The molecule has 2 rings (SSSR count). The van der Waals surface area contributed by atoms with Gasteiger partial charge < -0.3 is 4.74 Å². The highest BCUT2D eigenvalue weighted by Crippen LogP contribution is 2.30. The Morgan fingerprint density at radius 2 is 1.89 bits per heavy atom. The molecule has 0 unspecified atom stereocenters. The van der Waals surface area contributed by atoms with Crippen molar-refractivity contribution in [1.82, 2.24) is 0 Å². The first-order chi connectivity index (χ1) is 8.56. The summed E-state index contributed by atoms with van der Waals surface area (Å²) in [4.78, 5) is 0. The van der Waals surface area contributed by atoms with Gasteiger partial charge >= 0.3 is 0 Å². The maximum absolute atomic E-state index is 13.5. The topological polar surface area (TPSA) is 9.23 Å². The van der Waals surface area contributed by atoms with Crippen LogP contribution < -0.4 is 4.74 Å². The van der Waals surface area contributed by atoms with Crippen LogP contribution in [0.25, 0.3) is 0 Å². The van der Waals surface area contributed by atoms with Crippen LogP contribution >= 0.6 is 15.9 Å². The van der Waals surface area contributed by atoms with E-state index in [1.54, 1.807) is 0 Å². The smallest absolute Gasteiger partial charge is 0.200 e. The molecular formula is C14H17BrF2O. The van der Waals surface area contributed by atoms with Gasteiger partial charge in [-0.3, -0.25) is 0 Å². The van der Waals surface area contributed by atoms with Gasteiger partial charge in [0.2, 0.25) is 5.82 Å². The van der Waals surface area contributed by atoms with Crippen LogP contribution in [0.3, 0.4) is 0 Å². The fourth-order valence-electron chi connectivity index (χ4n) is 2.34. The molecule has 1 aliphatic rings. The van der Waals surface area contributed by atoms with Crippen LogP contribution in [0.4, 0.5) is 8.78 Å². The van der Waals surface area contributed by atoms with Crippen LogP contribution in [0.1, 0.15) is 32.6 Å². The lowest BCUT2D eigenvalue weighted by Crippen LogP contribution is -2.19. The first-order valence-corrected chi connectivity index (χ1v) is 7.13. The van der Waals surface area contributed by atoms with Crippen LogP contribution in [0, 0.1) is 23.5 Å². The molecule has 0 radical (unpaired) electrons. The summed E-state index contributed by atoms with van der Waals surface area (Å²) in [6.07, 6.45) is 4.62. The molecule has 0 spiro atoms. The van der Waals surface area contributed by atoms with Gasteiger partial charge in [-0.25, -0.2) is 4.39 Å². The normalized spacial score (nSPS) is 24.0. The van der Waals surface area contributed by atoms with Crippen molar-refractivity contribution in [3.05, 3.63) is 28.2 Å². The number of hydrogen-bond donors (Lipinski definition) is 0. The summed E-state index contributed by atoms with van der Waals surface area (Å²) in [7, 11) is 0. The predicted molar refractivity (Wildman–Crippen MR) is 70.7 cm³/mol. The number of ether oxygens (including phenoxy) is 1. The van der Waals surface area contributed by atoms with Crippen molar-refractivity contribution in [3.63, 3.8) is 0 Å². The maximum Gasteiger partial charge on any atom is 0.200 e. The van der Waals surface area contributed by atoms with E-state index in [1.807, 2.05) is 0 Å². The highest BCUT2D eigenvalue weighted by atomic mass is 79.9. The van der Waals surface area contributed by atoms with E-state index >= 15 is 0 Å². The quantitative estimate of drug-likeness (QED) is 0.718. The van der Waals surface area contributed by atoms with Gasteiger partial charge in [0.25, 0.3) is 0 Å². The first-order valence-electron chi connectivity index (χ1n) is 6.33. The summed E-state index contributed by atoms with van der Waals surface area (Å²) in [5.41, 5.74) is 0. The van der Waals surface area contributed by atoms with E-state index in [-0.39, 0.29) is 5.75 Å². The van der Waals surface area contributed by atoms with Gasteiger partial charge in [0.1, 0.15) is 0 Å². The van der Waals surface area contributed by atoms with E-state index < -0.39 is 11.6 Å². The summed E-state index contributed by atoms with van der Waals surface area (Å²) in [6.45, 7) is 2.72. The molecule has 1 aliphatic carbocycles. The van der Waals surface area contributed by atoms with Crippen molar-refractivity contribution >= 4 is 15.9 Å². The molecule has 1 aromatic rings. The van der Waals surface area contributed by atoms with E-state index in [4.69, 9.17) is 4.74 Å². The molecular weight excluding hydrogens is 302 g/mol. The molecule has 0 aliphatic heterocycles. The number of benzene rings is 1. The molecule has 0 heterocycles. The molecule has 100 valence electrons. The highest BCUT2D eigenvalue weighted by Gasteiger charge is 2.20. The highest BCUT2D eigenvalue weighted by molar-refractivity contribution is 9.10. The van der Waals surface area contributed by atoms with E-state index in [0.717, 1.165) is 24.8 Å². The predicted octanol–water partition coefficient (Wildman–Crippen LogP) is 4.93. The average molecular weight is 319 g/mol. The molecule has 4 heteroatoms. The van der Waals surface area contributed by atoms with Crippen molar-refractivity contribution in [3.8, 4) is 5.75 Å².